The van der Waals surface area contributed by atoms with Crippen LogP contribution in [0.2, 0.25) is 0 Å². The van der Waals surface area contributed by atoms with E-state index in [1.165, 1.54) is 0 Å². The Kier molecular flexibility index (Phi) is 5.79. The molecule has 0 heterocycles. The van der Waals surface area contributed by atoms with Gasteiger partial charge >= 0.3 is 6.09 Å². The van der Waals surface area contributed by atoms with E-state index in [1.54, 1.807) is 6.29 Å². The molecule has 1 radical (unpaired) electrons. The zero-order valence-corrected chi connectivity index (χ0v) is 9.81. The summed E-state index contributed by atoms with van der Waals surface area (Å²) in [4.78, 5) is 21.9. The van der Waals surface area contributed by atoms with Crippen molar-refractivity contribution in [3.05, 3.63) is 35.9 Å². The van der Waals surface area contributed by atoms with E-state index in [9.17, 15) is 9.59 Å². The predicted octanol–water partition coefficient (Wildman–Crippen LogP) is 2.19. The van der Waals surface area contributed by atoms with Crippen molar-refractivity contribution < 1.29 is 14.3 Å². The molecule has 1 aromatic carbocycles. The number of alkyl carbamates (subject to hydrolysis) is 1. The van der Waals surface area contributed by atoms with Gasteiger partial charge in [0.25, 0.3) is 0 Å². The lowest BCUT2D eigenvalue weighted by Crippen LogP contribution is -2.36. The van der Waals surface area contributed by atoms with E-state index in [4.69, 9.17) is 4.74 Å². The quantitative estimate of drug-likeness (QED) is 0.820. The maximum absolute atomic E-state index is 11.3. The van der Waals surface area contributed by atoms with Crippen LogP contribution in [0.3, 0.4) is 0 Å². The summed E-state index contributed by atoms with van der Waals surface area (Å²) in [6.45, 7) is 2.13. The van der Waals surface area contributed by atoms with Gasteiger partial charge in [-0.25, -0.2) is 4.79 Å². The molecule has 1 aromatic rings. The number of ether oxygens (including phenoxy) is 1. The van der Waals surface area contributed by atoms with E-state index in [1.807, 2.05) is 37.3 Å². The molecular formula is C13H16NO3. The van der Waals surface area contributed by atoms with Crippen LogP contribution < -0.4 is 5.32 Å². The molecule has 17 heavy (non-hydrogen) atoms. The van der Waals surface area contributed by atoms with Crippen LogP contribution in [0.1, 0.15) is 25.3 Å². The van der Waals surface area contributed by atoms with Crippen LogP contribution in [0.4, 0.5) is 4.79 Å². The first-order valence-corrected chi connectivity index (χ1v) is 5.61. The van der Waals surface area contributed by atoms with Gasteiger partial charge in [0.1, 0.15) is 6.61 Å². The Morgan fingerprint density at radius 1 is 1.41 bits per heavy atom. The van der Waals surface area contributed by atoms with E-state index in [0.29, 0.717) is 6.42 Å². The molecule has 0 unspecified atom stereocenters. The fraction of sp³-hybridized carbons (Fsp3) is 0.385. The average molecular weight is 234 g/mol. The van der Waals surface area contributed by atoms with Gasteiger partial charge in [-0.15, -0.1) is 0 Å². The highest BCUT2D eigenvalue weighted by Crippen LogP contribution is 2.01. The number of carbonyl (C=O) groups is 1. The summed E-state index contributed by atoms with van der Waals surface area (Å²) in [5.74, 6) is 0. The first-order valence-electron chi connectivity index (χ1n) is 5.61. The largest absolute Gasteiger partial charge is 0.445 e. The van der Waals surface area contributed by atoms with Crippen LogP contribution in [0.15, 0.2) is 30.3 Å². The fourth-order valence-corrected chi connectivity index (χ4v) is 1.36. The Morgan fingerprint density at radius 3 is 2.71 bits per heavy atom. The maximum atomic E-state index is 11.3. The monoisotopic (exact) mass is 234 g/mol. The number of hydrogen-bond acceptors (Lipinski definition) is 3. The minimum Gasteiger partial charge on any atom is -0.445 e. The van der Waals surface area contributed by atoms with Crippen molar-refractivity contribution in [3.63, 3.8) is 0 Å². The summed E-state index contributed by atoms with van der Waals surface area (Å²) in [5.41, 5.74) is 0.907. The molecule has 0 saturated carbocycles. The number of nitrogens with one attached hydrogen (secondary N) is 1. The third kappa shape index (κ3) is 5.15. The molecule has 91 valence electrons. The second kappa shape index (κ2) is 7.44. The van der Waals surface area contributed by atoms with E-state index in [-0.39, 0.29) is 6.61 Å². The molecule has 0 spiro atoms. The lowest BCUT2D eigenvalue weighted by atomic mass is 10.2. The van der Waals surface area contributed by atoms with Gasteiger partial charge in [-0.3, -0.25) is 4.79 Å². The van der Waals surface area contributed by atoms with Gasteiger partial charge in [-0.1, -0.05) is 43.7 Å². The van der Waals surface area contributed by atoms with Gasteiger partial charge in [-0.2, -0.15) is 0 Å². The van der Waals surface area contributed by atoms with Crippen molar-refractivity contribution in [1.82, 2.24) is 5.32 Å². The number of benzene rings is 1. The van der Waals surface area contributed by atoms with Crippen LogP contribution in [-0.4, -0.2) is 18.4 Å². The van der Waals surface area contributed by atoms with Gasteiger partial charge in [-0.05, 0) is 12.0 Å². The highest BCUT2D eigenvalue weighted by Gasteiger charge is 2.11. The van der Waals surface area contributed by atoms with Crippen LogP contribution >= 0.6 is 0 Å². The van der Waals surface area contributed by atoms with Gasteiger partial charge in [0.2, 0.25) is 6.29 Å². The van der Waals surface area contributed by atoms with Crippen molar-refractivity contribution in [3.8, 4) is 0 Å². The molecule has 0 saturated heterocycles. The molecule has 0 aromatic heterocycles. The summed E-state index contributed by atoms with van der Waals surface area (Å²) in [6, 6.07) is 8.78. The van der Waals surface area contributed by atoms with E-state index in [2.05, 4.69) is 5.32 Å². The molecule has 4 nitrogen and oxygen atoms in total. The topological polar surface area (TPSA) is 55.4 Å². The number of amides is 1. The highest BCUT2D eigenvalue weighted by molar-refractivity contribution is 5.73. The van der Waals surface area contributed by atoms with Crippen LogP contribution in [0.5, 0.6) is 0 Å². The first-order chi connectivity index (χ1) is 8.26. The molecule has 4 heteroatoms. The van der Waals surface area contributed by atoms with Crippen LogP contribution in [-0.2, 0) is 16.1 Å². The van der Waals surface area contributed by atoms with Crippen molar-refractivity contribution in [2.24, 2.45) is 0 Å². The smallest absolute Gasteiger partial charge is 0.408 e. The second-order valence-corrected chi connectivity index (χ2v) is 3.67. The maximum Gasteiger partial charge on any atom is 0.408 e. The molecule has 0 aliphatic heterocycles. The summed E-state index contributed by atoms with van der Waals surface area (Å²) >= 11 is 0. The zero-order valence-electron chi connectivity index (χ0n) is 9.81. The van der Waals surface area contributed by atoms with Crippen molar-refractivity contribution in [2.75, 3.05) is 0 Å². The molecule has 0 bridgehead atoms. The molecular weight excluding hydrogens is 218 g/mol. The van der Waals surface area contributed by atoms with Crippen molar-refractivity contribution in [1.29, 1.82) is 0 Å². The second-order valence-electron chi connectivity index (χ2n) is 3.67. The van der Waals surface area contributed by atoms with Gasteiger partial charge < -0.3 is 10.1 Å². The molecule has 0 fully saturated rings. The summed E-state index contributed by atoms with van der Waals surface area (Å²) in [7, 11) is 0. The number of hydrogen-bond donors (Lipinski definition) is 1. The first kappa shape index (κ1) is 13.2. The minimum absolute atomic E-state index is 0.199. The van der Waals surface area contributed by atoms with Crippen molar-refractivity contribution in [2.45, 2.75) is 32.4 Å². The third-order valence-corrected chi connectivity index (χ3v) is 2.22. The SMILES string of the molecule is CCC[C@@H]([C]=O)NC(=O)OCc1ccccc1. The van der Waals surface area contributed by atoms with E-state index < -0.39 is 12.1 Å². The lowest BCUT2D eigenvalue weighted by molar-refractivity contribution is 0.137. The highest BCUT2D eigenvalue weighted by atomic mass is 16.5. The standard InChI is InChI=1S/C13H16NO3/c1-2-6-12(9-15)14-13(16)17-10-11-7-4-3-5-8-11/h3-5,7-8,12H,2,6,10H2,1H3,(H,14,16)/t12-/m0/s1. The Labute approximate surface area is 101 Å². The Morgan fingerprint density at radius 2 is 2.12 bits per heavy atom. The van der Waals surface area contributed by atoms with Crippen LogP contribution in [0.25, 0.3) is 0 Å². The summed E-state index contributed by atoms with van der Waals surface area (Å²) < 4.78 is 4.98. The minimum atomic E-state index is -0.587. The summed E-state index contributed by atoms with van der Waals surface area (Å²) in [5, 5.41) is 2.45. The van der Waals surface area contributed by atoms with Gasteiger partial charge in [0.15, 0.2) is 0 Å². The fourth-order valence-electron chi connectivity index (χ4n) is 1.36. The molecule has 1 atom stereocenters. The van der Waals surface area contributed by atoms with E-state index in [0.717, 1.165) is 12.0 Å². The molecule has 0 aliphatic carbocycles. The molecule has 1 rings (SSSR count). The molecule has 0 aliphatic rings. The van der Waals surface area contributed by atoms with Gasteiger partial charge in [0.05, 0.1) is 6.04 Å². The third-order valence-electron chi connectivity index (χ3n) is 2.22. The molecule has 1 N–H and O–H groups in total. The van der Waals surface area contributed by atoms with E-state index >= 15 is 0 Å². The zero-order chi connectivity index (χ0) is 12.5. The Hall–Kier alpha value is -1.84. The van der Waals surface area contributed by atoms with Gasteiger partial charge in [0, 0.05) is 0 Å². The van der Waals surface area contributed by atoms with Crippen LogP contribution in [0, 0.1) is 0 Å². The average Bonchev–Trinajstić information content (AvgIpc) is 2.37. The normalized spacial score (nSPS) is 11.6. The Balaban J connectivity index is 2.32. The number of rotatable bonds is 6. The number of carbonyl (C=O) groups excluding carboxylic acids is 2. The predicted molar refractivity (Wildman–Crippen MR) is 64.2 cm³/mol. The van der Waals surface area contributed by atoms with Crippen molar-refractivity contribution >= 4 is 12.4 Å². The lowest BCUT2D eigenvalue weighted by Gasteiger charge is -2.11. The molecule has 1 amide bonds. The Bertz CT molecular complexity index is 351. The summed E-state index contributed by atoms with van der Waals surface area (Å²) in [6.07, 6.45) is 2.56.